The number of nitrogens with zero attached hydrogens (tertiary/aromatic N) is 4. The van der Waals surface area contributed by atoms with Crippen LogP contribution in [0.3, 0.4) is 0 Å². The predicted octanol–water partition coefficient (Wildman–Crippen LogP) is 4.06. The normalized spacial score (nSPS) is 14.9. The van der Waals surface area contributed by atoms with Gasteiger partial charge >= 0.3 is 0 Å². The minimum absolute atomic E-state index is 0.0615. The quantitative estimate of drug-likeness (QED) is 0.778. The van der Waals surface area contributed by atoms with Gasteiger partial charge in [-0.15, -0.1) is 10.2 Å². The first-order chi connectivity index (χ1) is 9.45. The maximum atomic E-state index is 4.75. The first-order valence-corrected chi connectivity index (χ1v) is 8.15. The fraction of sp³-hybridized carbons (Fsp3) is 0.357. The second-order valence-corrected chi connectivity index (χ2v) is 7.57. The molecule has 4 nitrogen and oxygen atoms in total. The summed E-state index contributed by atoms with van der Waals surface area (Å²) in [6.45, 7) is 6.54. The fourth-order valence-electron chi connectivity index (χ4n) is 1.87. The molecule has 0 amide bonds. The number of halogens is 1. The summed E-state index contributed by atoms with van der Waals surface area (Å²) in [4.78, 5) is 0. The summed E-state index contributed by atoms with van der Waals surface area (Å²) in [5.74, 6) is 1.67. The molecular formula is C14H15BrN4S. The van der Waals surface area contributed by atoms with Gasteiger partial charge in [0.25, 0.3) is 0 Å². The Morgan fingerprint density at radius 2 is 1.85 bits per heavy atom. The van der Waals surface area contributed by atoms with Crippen LogP contribution < -0.4 is 0 Å². The first kappa shape index (κ1) is 13.8. The molecule has 1 aromatic carbocycles. The van der Waals surface area contributed by atoms with Crippen LogP contribution in [-0.4, -0.2) is 26.3 Å². The molecule has 1 aliphatic rings. The number of rotatable bonds is 1. The van der Waals surface area contributed by atoms with Gasteiger partial charge in [0.2, 0.25) is 5.16 Å². The Bertz CT molecular complexity index is 667. The van der Waals surface area contributed by atoms with E-state index in [2.05, 4.69) is 46.9 Å². The number of hydrogen-bond donors (Lipinski definition) is 0. The summed E-state index contributed by atoms with van der Waals surface area (Å²) in [6.07, 6.45) is 0. The SMILES string of the molecule is CC(C)(C)C1=Nn2c(nnc2-c2ccc(Br)cc2)SC1. The zero-order valence-corrected chi connectivity index (χ0v) is 14.0. The Kier molecular flexibility index (Phi) is 3.46. The van der Waals surface area contributed by atoms with Crippen molar-refractivity contribution in [3.8, 4) is 11.4 Å². The van der Waals surface area contributed by atoms with Gasteiger partial charge in [-0.05, 0) is 12.1 Å². The summed E-state index contributed by atoms with van der Waals surface area (Å²) in [5.41, 5.74) is 2.24. The molecule has 2 aromatic rings. The lowest BCUT2D eigenvalue weighted by Crippen LogP contribution is -2.26. The molecule has 6 heteroatoms. The molecular weight excluding hydrogens is 336 g/mol. The van der Waals surface area contributed by atoms with Gasteiger partial charge in [-0.1, -0.05) is 60.6 Å². The molecule has 3 rings (SSSR count). The number of fused-ring (bicyclic) bond motifs is 1. The lowest BCUT2D eigenvalue weighted by Gasteiger charge is -2.24. The molecule has 0 aliphatic carbocycles. The Morgan fingerprint density at radius 3 is 2.50 bits per heavy atom. The van der Waals surface area contributed by atoms with Crippen LogP contribution in [0.25, 0.3) is 11.4 Å². The first-order valence-electron chi connectivity index (χ1n) is 6.37. The van der Waals surface area contributed by atoms with Gasteiger partial charge in [0.05, 0.1) is 5.71 Å². The Morgan fingerprint density at radius 1 is 1.15 bits per heavy atom. The van der Waals surface area contributed by atoms with Crippen molar-refractivity contribution in [1.29, 1.82) is 0 Å². The molecule has 1 aliphatic heterocycles. The van der Waals surface area contributed by atoms with Crippen molar-refractivity contribution in [2.45, 2.75) is 25.9 Å². The van der Waals surface area contributed by atoms with Crippen LogP contribution in [-0.2, 0) is 0 Å². The molecule has 0 saturated heterocycles. The number of thioether (sulfide) groups is 1. The van der Waals surface area contributed by atoms with E-state index in [4.69, 9.17) is 5.10 Å². The zero-order valence-electron chi connectivity index (χ0n) is 11.6. The van der Waals surface area contributed by atoms with Crippen LogP contribution in [0.1, 0.15) is 20.8 Å². The third-order valence-corrected chi connectivity index (χ3v) is 4.60. The van der Waals surface area contributed by atoms with Crippen LogP contribution in [0.15, 0.2) is 39.0 Å². The molecule has 0 fully saturated rings. The van der Waals surface area contributed by atoms with Crippen molar-refractivity contribution in [2.24, 2.45) is 10.5 Å². The van der Waals surface area contributed by atoms with Crippen molar-refractivity contribution >= 4 is 33.4 Å². The average Bonchev–Trinajstić information content (AvgIpc) is 2.81. The predicted molar refractivity (Wildman–Crippen MR) is 86.2 cm³/mol. The van der Waals surface area contributed by atoms with Crippen molar-refractivity contribution < 1.29 is 0 Å². The van der Waals surface area contributed by atoms with Gasteiger partial charge < -0.3 is 0 Å². The second-order valence-electron chi connectivity index (χ2n) is 5.71. The minimum atomic E-state index is 0.0615. The van der Waals surface area contributed by atoms with E-state index in [1.165, 1.54) is 0 Å². The maximum Gasteiger partial charge on any atom is 0.212 e. The second kappa shape index (κ2) is 5.00. The van der Waals surface area contributed by atoms with Crippen LogP contribution >= 0.6 is 27.7 Å². The molecule has 104 valence electrons. The van der Waals surface area contributed by atoms with E-state index in [0.717, 1.165) is 32.5 Å². The van der Waals surface area contributed by atoms with Gasteiger partial charge in [0.1, 0.15) is 0 Å². The van der Waals surface area contributed by atoms with Crippen molar-refractivity contribution in [1.82, 2.24) is 14.9 Å². The highest BCUT2D eigenvalue weighted by Gasteiger charge is 2.26. The summed E-state index contributed by atoms with van der Waals surface area (Å²) in [6, 6.07) is 8.04. The Labute approximate surface area is 130 Å². The van der Waals surface area contributed by atoms with E-state index in [-0.39, 0.29) is 5.41 Å². The molecule has 0 radical (unpaired) electrons. The van der Waals surface area contributed by atoms with Gasteiger partial charge in [-0.2, -0.15) is 9.78 Å². The summed E-state index contributed by atoms with van der Waals surface area (Å²) in [7, 11) is 0. The van der Waals surface area contributed by atoms with E-state index in [0.29, 0.717) is 0 Å². The zero-order chi connectivity index (χ0) is 14.3. The smallest absolute Gasteiger partial charge is 0.187 e. The highest BCUT2D eigenvalue weighted by atomic mass is 79.9. The highest BCUT2D eigenvalue weighted by molar-refractivity contribution is 9.10. The molecule has 1 aromatic heterocycles. The van der Waals surface area contributed by atoms with Crippen LogP contribution in [0, 0.1) is 5.41 Å². The van der Waals surface area contributed by atoms with E-state index in [9.17, 15) is 0 Å². The van der Waals surface area contributed by atoms with Gasteiger partial charge in [-0.3, -0.25) is 0 Å². The maximum absolute atomic E-state index is 4.75. The van der Waals surface area contributed by atoms with E-state index in [1.54, 1.807) is 11.8 Å². The van der Waals surface area contributed by atoms with Gasteiger partial charge in [-0.25, -0.2) is 0 Å². The highest BCUT2D eigenvalue weighted by Crippen LogP contribution is 2.31. The van der Waals surface area contributed by atoms with Crippen LogP contribution in [0.5, 0.6) is 0 Å². The van der Waals surface area contributed by atoms with E-state index < -0.39 is 0 Å². The molecule has 0 saturated carbocycles. The lowest BCUT2D eigenvalue weighted by atomic mass is 9.91. The minimum Gasteiger partial charge on any atom is -0.187 e. The van der Waals surface area contributed by atoms with E-state index in [1.807, 2.05) is 28.9 Å². The Hall–Kier alpha value is -1.14. The average molecular weight is 351 g/mol. The standard InChI is InChI=1S/C14H15BrN4S/c1-14(2,3)11-8-20-13-17-16-12(19(13)18-11)9-4-6-10(15)7-5-9/h4-7H,8H2,1-3H3. The summed E-state index contributed by atoms with van der Waals surface area (Å²) >= 11 is 5.14. The van der Waals surface area contributed by atoms with Crippen LogP contribution in [0.4, 0.5) is 0 Å². The molecule has 2 heterocycles. The van der Waals surface area contributed by atoms with Crippen LogP contribution in [0.2, 0.25) is 0 Å². The topological polar surface area (TPSA) is 43.1 Å². The Balaban J connectivity index is 2.08. The molecule has 0 bridgehead atoms. The molecule has 0 unspecified atom stereocenters. The number of benzene rings is 1. The monoisotopic (exact) mass is 350 g/mol. The summed E-state index contributed by atoms with van der Waals surface area (Å²) < 4.78 is 2.91. The molecule has 0 atom stereocenters. The lowest BCUT2D eigenvalue weighted by molar-refractivity contribution is 0.574. The van der Waals surface area contributed by atoms with Gasteiger partial charge in [0.15, 0.2) is 5.82 Å². The van der Waals surface area contributed by atoms with Crippen molar-refractivity contribution in [3.05, 3.63) is 28.7 Å². The molecule has 0 spiro atoms. The number of hydrogen-bond acceptors (Lipinski definition) is 4. The van der Waals surface area contributed by atoms with Crippen molar-refractivity contribution in [3.63, 3.8) is 0 Å². The van der Waals surface area contributed by atoms with Gasteiger partial charge in [0, 0.05) is 21.2 Å². The largest absolute Gasteiger partial charge is 0.212 e. The summed E-state index contributed by atoms with van der Waals surface area (Å²) in [5, 5.41) is 14.1. The molecule has 0 N–H and O–H groups in total. The fourth-order valence-corrected chi connectivity index (χ4v) is 3.24. The third kappa shape index (κ3) is 2.54. The molecule has 20 heavy (non-hydrogen) atoms. The van der Waals surface area contributed by atoms with E-state index >= 15 is 0 Å². The van der Waals surface area contributed by atoms with Crippen molar-refractivity contribution in [2.75, 3.05) is 5.75 Å². The number of aromatic nitrogens is 3. The third-order valence-electron chi connectivity index (χ3n) is 3.14.